The van der Waals surface area contributed by atoms with E-state index in [1.165, 1.54) is 23.3 Å². The minimum atomic E-state index is -0.303. The van der Waals surface area contributed by atoms with Gasteiger partial charge in [-0.25, -0.2) is 9.18 Å². The van der Waals surface area contributed by atoms with Gasteiger partial charge in [0, 0.05) is 30.7 Å². The predicted octanol–water partition coefficient (Wildman–Crippen LogP) is 5.94. The summed E-state index contributed by atoms with van der Waals surface area (Å²) in [6.45, 7) is 1.02. The van der Waals surface area contributed by atoms with E-state index in [1.807, 2.05) is 12.1 Å². The Morgan fingerprint density at radius 1 is 0.897 bits per heavy atom. The summed E-state index contributed by atoms with van der Waals surface area (Å²) < 4.78 is 13.2. The molecule has 2 aliphatic heterocycles. The maximum absolute atomic E-state index is 14.2. The quantitative estimate of drug-likeness (QED) is 0.385. The number of nitrogens with zero attached hydrogens (tertiary/aromatic N) is 1. The van der Waals surface area contributed by atoms with E-state index in [2.05, 4.69) is 63.3 Å². The summed E-state index contributed by atoms with van der Waals surface area (Å²) in [5.74, 6) is -0.122. The molecule has 1 aliphatic carbocycles. The smallest absolute Gasteiger partial charge is 0.315 e. The van der Waals surface area contributed by atoms with Gasteiger partial charge in [0.15, 0.2) is 0 Å². The van der Waals surface area contributed by atoms with Crippen molar-refractivity contribution in [1.82, 2.24) is 15.5 Å². The van der Waals surface area contributed by atoms with E-state index in [4.69, 9.17) is 0 Å². The van der Waals surface area contributed by atoms with Gasteiger partial charge in [0.1, 0.15) is 5.82 Å². The van der Waals surface area contributed by atoms with Crippen LogP contribution in [0.2, 0.25) is 0 Å². The van der Waals surface area contributed by atoms with Crippen molar-refractivity contribution in [3.05, 3.63) is 101 Å². The molecule has 3 aliphatic rings. The van der Waals surface area contributed by atoms with Crippen molar-refractivity contribution in [2.45, 2.75) is 56.8 Å². The van der Waals surface area contributed by atoms with Crippen LogP contribution in [-0.2, 0) is 11.3 Å². The summed E-state index contributed by atoms with van der Waals surface area (Å²) in [4.78, 5) is 29.1. The van der Waals surface area contributed by atoms with Crippen LogP contribution in [0.4, 0.5) is 14.9 Å². The number of hydrogen-bond donors (Lipinski definition) is 3. The van der Waals surface area contributed by atoms with Crippen LogP contribution < -0.4 is 16.0 Å². The summed E-state index contributed by atoms with van der Waals surface area (Å²) >= 11 is 0. The Kier molecular flexibility index (Phi) is 7.22. The first-order chi connectivity index (χ1) is 19.1. The third-order valence-electron chi connectivity index (χ3n) is 8.67. The van der Waals surface area contributed by atoms with Crippen LogP contribution in [0.3, 0.4) is 0 Å². The van der Waals surface area contributed by atoms with E-state index in [1.54, 1.807) is 12.1 Å². The number of urea groups is 1. The lowest BCUT2D eigenvalue weighted by Crippen LogP contribution is -2.52. The Balaban J connectivity index is 1.19. The third kappa shape index (κ3) is 5.22. The summed E-state index contributed by atoms with van der Waals surface area (Å²) in [7, 11) is 0. The molecule has 3 N–H and O–H groups in total. The number of halogens is 1. The van der Waals surface area contributed by atoms with Crippen molar-refractivity contribution in [3.63, 3.8) is 0 Å². The Hall–Kier alpha value is -3.87. The maximum Gasteiger partial charge on any atom is 0.315 e. The van der Waals surface area contributed by atoms with Gasteiger partial charge in [0.05, 0.1) is 18.0 Å². The van der Waals surface area contributed by atoms with E-state index in [0.717, 1.165) is 43.4 Å². The molecule has 0 spiro atoms. The number of amides is 3. The first kappa shape index (κ1) is 25.4. The fourth-order valence-corrected chi connectivity index (χ4v) is 6.78. The molecule has 39 heavy (non-hydrogen) atoms. The van der Waals surface area contributed by atoms with E-state index in [-0.39, 0.29) is 47.7 Å². The van der Waals surface area contributed by atoms with Crippen LogP contribution in [0.5, 0.6) is 0 Å². The number of carbonyl (C=O) groups excluding carboxylic acids is 2. The van der Waals surface area contributed by atoms with Gasteiger partial charge in [-0.3, -0.25) is 4.79 Å². The molecule has 202 valence electrons. The first-order valence-corrected chi connectivity index (χ1v) is 14.1. The van der Waals surface area contributed by atoms with Crippen LogP contribution in [0, 0.1) is 17.7 Å². The maximum atomic E-state index is 14.2. The van der Waals surface area contributed by atoms with Crippen molar-refractivity contribution in [2.75, 3.05) is 11.9 Å². The van der Waals surface area contributed by atoms with Crippen molar-refractivity contribution >= 4 is 17.6 Å². The number of carbonyl (C=O) groups is 2. The molecule has 1 saturated carbocycles. The second-order valence-electron chi connectivity index (χ2n) is 11.0. The van der Waals surface area contributed by atoms with Crippen molar-refractivity contribution in [1.29, 1.82) is 0 Å². The molecule has 3 amide bonds. The number of benzene rings is 3. The van der Waals surface area contributed by atoms with E-state index < -0.39 is 0 Å². The number of likely N-dealkylation sites (tertiary alicyclic amines) is 1. The minimum Gasteiger partial charge on any atom is -0.378 e. The molecule has 0 aromatic heterocycles. The fraction of sp³-hybridized carbons (Fsp3) is 0.375. The standard InChI is InChI=1S/C32H35FN4O2/c33-23-16-14-21(15-17-23)20-34-32(39)36-28-13-7-5-11-25(28)31(38)37-19-18-26-29(22-8-2-1-3-9-22)35-27-12-6-4-10-24(27)30(26)37/h1-4,6,8-10,12,14-17,25-26,28-30,35H,5,7,11,13,18-20H2,(H2,34,36,39)/t25-,26+,28+,29-,30-/m0/s1. The Morgan fingerprint density at radius 3 is 2.46 bits per heavy atom. The number of fused-ring (bicyclic) bond motifs is 3. The number of rotatable bonds is 5. The average Bonchev–Trinajstić information content (AvgIpc) is 3.42. The largest absolute Gasteiger partial charge is 0.378 e. The minimum absolute atomic E-state index is 0.00929. The number of hydrogen-bond acceptors (Lipinski definition) is 3. The summed E-state index contributed by atoms with van der Waals surface area (Å²) in [6.07, 6.45) is 4.46. The molecule has 0 unspecified atom stereocenters. The number of anilines is 1. The Bertz CT molecular complexity index is 1320. The highest BCUT2D eigenvalue weighted by Crippen LogP contribution is 2.51. The number of para-hydroxylation sites is 1. The lowest BCUT2D eigenvalue weighted by molar-refractivity contribution is -0.138. The fourth-order valence-electron chi connectivity index (χ4n) is 6.78. The van der Waals surface area contributed by atoms with Gasteiger partial charge in [0.2, 0.25) is 5.91 Å². The van der Waals surface area contributed by atoms with Crippen LogP contribution in [0.1, 0.15) is 60.9 Å². The lowest BCUT2D eigenvalue weighted by Gasteiger charge is -2.42. The van der Waals surface area contributed by atoms with Crippen molar-refractivity contribution in [2.24, 2.45) is 11.8 Å². The van der Waals surface area contributed by atoms with Gasteiger partial charge >= 0.3 is 6.03 Å². The van der Waals surface area contributed by atoms with Gasteiger partial charge in [-0.05, 0) is 54.2 Å². The highest BCUT2D eigenvalue weighted by molar-refractivity contribution is 5.83. The normalized spacial score (nSPS) is 25.7. The van der Waals surface area contributed by atoms with Crippen LogP contribution in [-0.4, -0.2) is 29.4 Å². The van der Waals surface area contributed by atoms with E-state index in [0.29, 0.717) is 13.1 Å². The molecule has 0 radical (unpaired) electrons. The monoisotopic (exact) mass is 526 g/mol. The number of nitrogens with one attached hydrogen (secondary N) is 3. The van der Waals surface area contributed by atoms with Gasteiger partial charge in [-0.1, -0.05) is 73.5 Å². The topological polar surface area (TPSA) is 73.5 Å². The molecular weight excluding hydrogens is 491 g/mol. The van der Waals surface area contributed by atoms with Crippen molar-refractivity contribution in [3.8, 4) is 0 Å². The van der Waals surface area contributed by atoms with E-state index in [9.17, 15) is 14.0 Å². The molecule has 2 fully saturated rings. The molecule has 7 heteroatoms. The Labute approximate surface area is 229 Å². The highest BCUT2D eigenvalue weighted by atomic mass is 19.1. The first-order valence-electron chi connectivity index (χ1n) is 14.1. The van der Waals surface area contributed by atoms with Gasteiger partial charge < -0.3 is 20.9 Å². The average molecular weight is 527 g/mol. The second kappa shape index (κ2) is 11.1. The SMILES string of the molecule is O=C(NCc1ccc(F)cc1)N[C@@H]1CCCC[C@@H]1C(=O)N1CC[C@@H]2[C@H](c3ccccc3)Nc3ccccc3[C@@H]21. The second-order valence-corrected chi connectivity index (χ2v) is 11.0. The zero-order valence-corrected chi connectivity index (χ0v) is 22.0. The van der Waals surface area contributed by atoms with Gasteiger partial charge in [-0.15, -0.1) is 0 Å². The summed E-state index contributed by atoms with van der Waals surface area (Å²) in [5, 5.41) is 9.73. The van der Waals surface area contributed by atoms with Crippen LogP contribution >= 0.6 is 0 Å². The van der Waals surface area contributed by atoms with Gasteiger partial charge in [-0.2, -0.15) is 0 Å². The highest BCUT2D eigenvalue weighted by Gasteiger charge is 2.48. The molecular formula is C32H35FN4O2. The molecule has 0 bridgehead atoms. The van der Waals surface area contributed by atoms with Crippen LogP contribution in [0.25, 0.3) is 0 Å². The molecule has 3 aromatic rings. The van der Waals surface area contributed by atoms with Gasteiger partial charge in [0.25, 0.3) is 0 Å². The molecule has 6 nitrogen and oxygen atoms in total. The molecule has 6 rings (SSSR count). The summed E-state index contributed by atoms with van der Waals surface area (Å²) in [6, 6.07) is 24.6. The molecule has 5 atom stereocenters. The lowest BCUT2D eigenvalue weighted by atomic mass is 9.79. The molecule has 3 aromatic carbocycles. The molecule has 2 heterocycles. The summed E-state index contributed by atoms with van der Waals surface area (Å²) in [5.41, 5.74) is 4.33. The predicted molar refractivity (Wildman–Crippen MR) is 149 cm³/mol. The molecule has 1 saturated heterocycles. The van der Waals surface area contributed by atoms with Crippen molar-refractivity contribution < 1.29 is 14.0 Å². The van der Waals surface area contributed by atoms with Crippen LogP contribution in [0.15, 0.2) is 78.9 Å². The zero-order chi connectivity index (χ0) is 26.8. The third-order valence-corrected chi connectivity index (χ3v) is 8.67. The zero-order valence-electron chi connectivity index (χ0n) is 22.0. The van der Waals surface area contributed by atoms with E-state index >= 15 is 0 Å². The Morgan fingerprint density at radius 2 is 1.64 bits per heavy atom.